The summed E-state index contributed by atoms with van der Waals surface area (Å²) in [6.45, 7) is 2.81. The Balaban J connectivity index is 2.30. The van der Waals surface area contributed by atoms with Crippen molar-refractivity contribution in [1.29, 1.82) is 0 Å². The van der Waals surface area contributed by atoms with E-state index in [2.05, 4.69) is 17.4 Å². The largest absolute Gasteiger partial charge is 0.477 e. The number of rotatable bonds is 3. The standard InChI is InChI=1S/C6H8NOS/c1-2-3-8-6-4-9-5-7-6/h4H,2-3H2,1H3. The van der Waals surface area contributed by atoms with E-state index < -0.39 is 0 Å². The first kappa shape index (κ1) is 6.55. The van der Waals surface area contributed by atoms with Crippen LogP contribution in [0.1, 0.15) is 13.3 Å². The summed E-state index contributed by atoms with van der Waals surface area (Å²) in [4.78, 5) is 3.83. The van der Waals surface area contributed by atoms with Gasteiger partial charge in [0.05, 0.1) is 12.0 Å². The molecule has 0 bridgehead atoms. The molecule has 0 saturated carbocycles. The monoisotopic (exact) mass is 142 g/mol. The maximum absolute atomic E-state index is 5.16. The summed E-state index contributed by atoms with van der Waals surface area (Å²) in [7, 11) is 0. The highest BCUT2D eigenvalue weighted by Gasteiger charge is 1.91. The Morgan fingerprint density at radius 1 is 1.89 bits per heavy atom. The number of hydrogen-bond donors (Lipinski definition) is 0. The minimum absolute atomic E-state index is 0.696. The molecule has 0 unspecified atom stereocenters. The zero-order chi connectivity index (χ0) is 6.53. The first-order valence-corrected chi connectivity index (χ1v) is 3.76. The lowest BCUT2D eigenvalue weighted by Gasteiger charge is -1.96. The van der Waals surface area contributed by atoms with E-state index in [1.54, 1.807) is 0 Å². The van der Waals surface area contributed by atoms with Crippen LogP contribution >= 0.6 is 11.3 Å². The molecular formula is C6H8NOS. The van der Waals surface area contributed by atoms with E-state index in [0.29, 0.717) is 5.88 Å². The van der Waals surface area contributed by atoms with Crippen molar-refractivity contribution < 1.29 is 4.74 Å². The average Bonchev–Trinajstić information content (AvgIpc) is 2.34. The van der Waals surface area contributed by atoms with E-state index in [1.807, 2.05) is 5.38 Å². The van der Waals surface area contributed by atoms with Crippen LogP contribution in [0, 0.1) is 5.51 Å². The maximum atomic E-state index is 5.16. The molecule has 1 aromatic rings. The molecule has 1 aromatic heterocycles. The second-order valence-electron chi connectivity index (χ2n) is 1.63. The summed E-state index contributed by atoms with van der Waals surface area (Å²) in [6, 6.07) is 0. The zero-order valence-corrected chi connectivity index (χ0v) is 6.07. The van der Waals surface area contributed by atoms with Crippen molar-refractivity contribution in [2.45, 2.75) is 13.3 Å². The summed E-state index contributed by atoms with van der Waals surface area (Å²) >= 11 is 1.43. The number of aromatic nitrogens is 1. The molecule has 0 fully saturated rings. The van der Waals surface area contributed by atoms with Gasteiger partial charge in [-0.05, 0) is 6.42 Å². The molecule has 0 atom stereocenters. The molecule has 3 heteroatoms. The SMILES string of the molecule is CCCOc1cs[c]n1. The van der Waals surface area contributed by atoms with Crippen LogP contribution in [0.25, 0.3) is 0 Å². The Morgan fingerprint density at radius 3 is 3.33 bits per heavy atom. The van der Waals surface area contributed by atoms with Crippen molar-refractivity contribution >= 4 is 11.3 Å². The van der Waals surface area contributed by atoms with Gasteiger partial charge in [-0.25, -0.2) is 0 Å². The maximum Gasteiger partial charge on any atom is 0.225 e. The molecule has 0 aliphatic heterocycles. The van der Waals surface area contributed by atoms with E-state index in [1.165, 1.54) is 11.3 Å². The summed E-state index contributed by atoms with van der Waals surface area (Å²) in [5, 5.41) is 1.84. The van der Waals surface area contributed by atoms with E-state index in [9.17, 15) is 0 Å². The van der Waals surface area contributed by atoms with Gasteiger partial charge in [0, 0.05) is 0 Å². The lowest BCUT2D eigenvalue weighted by atomic mass is 10.5. The third-order valence-corrected chi connectivity index (χ3v) is 1.34. The quantitative estimate of drug-likeness (QED) is 0.641. The van der Waals surface area contributed by atoms with E-state index in [0.717, 1.165) is 13.0 Å². The molecule has 0 aliphatic rings. The van der Waals surface area contributed by atoms with Gasteiger partial charge in [-0.2, -0.15) is 4.98 Å². The van der Waals surface area contributed by atoms with Crippen LogP contribution in [0.5, 0.6) is 5.88 Å². The smallest absolute Gasteiger partial charge is 0.225 e. The van der Waals surface area contributed by atoms with Gasteiger partial charge in [-0.1, -0.05) is 6.92 Å². The summed E-state index contributed by atoms with van der Waals surface area (Å²) in [5.41, 5.74) is 2.71. The van der Waals surface area contributed by atoms with Gasteiger partial charge in [0.2, 0.25) is 5.88 Å². The molecule has 0 amide bonds. The van der Waals surface area contributed by atoms with Crippen LogP contribution in [0.15, 0.2) is 5.38 Å². The van der Waals surface area contributed by atoms with Gasteiger partial charge < -0.3 is 4.74 Å². The molecule has 1 heterocycles. The van der Waals surface area contributed by atoms with Crippen LogP contribution in [-0.4, -0.2) is 11.6 Å². The number of nitrogens with zero attached hydrogens (tertiary/aromatic N) is 1. The lowest BCUT2D eigenvalue weighted by Crippen LogP contribution is -1.93. The van der Waals surface area contributed by atoms with Crippen LogP contribution in [0.2, 0.25) is 0 Å². The van der Waals surface area contributed by atoms with Gasteiger partial charge in [0.25, 0.3) is 0 Å². The van der Waals surface area contributed by atoms with E-state index in [4.69, 9.17) is 4.74 Å². The first-order chi connectivity index (χ1) is 4.43. The molecule has 1 rings (SSSR count). The van der Waals surface area contributed by atoms with Gasteiger partial charge in [-0.3, -0.25) is 0 Å². The summed E-state index contributed by atoms with van der Waals surface area (Å²) in [5.74, 6) is 0.696. The van der Waals surface area contributed by atoms with Crippen LogP contribution in [0.4, 0.5) is 0 Å². The molecule has 0 spiro atoms. The fourth-order valence-electron chi connectivity index (χ4n) is 0.447. The zero-order valence-electron chi connectivity index (χ0n) is 5.26. The molecule has 0 N–H and O–H groups in total. The predicted octanol–water partition coefficient (Wildman–Crippen LogP) is 1.73. The molecule has 0 saturated heterocycles. The second-order valence-corrected chi connectivity index (χ2v) is 2.28. The third-order valence-electron chi connectivity index (χ3n) is 0.822. The molecule has 0 aromatic carbocycles. The molecule has 1 radical (unpaired) electrons. The third kappa shape index (κ3) is 2.01. The van der Waals surface area contributed by atoms with Crippen molar-refractivity contribution in [2.24, 2.45) is 0 Å². The predicted molar refractivity (Wildman–Crippen MR) is 36.7 cm³/mol. The second kappa shape index (κ2) is 3.45. The summed E-state index contributed by atoms with van der Waals surface area (Å²) in [6.07, 6.45) is 1.03. The van der Waals surface area contributed by atoms with Crippen molar-refractivity contribution in [3.63, 3.8) is 0 Å². The van der Waals surface area contributed by atoms with Crippen molar-refractivity contribution in [1.82, 2.24) is 4.98 Å². The Labute approximate surface area is 58.5 Å². The minimum atomic E-state index is 0.696. The number of thiazole rings is 1. The Bertz CT molecular complexity index is 150. The Hall–Kier alpha value is -0.570. The van der Waals surface area contributed by atoms with E-state index in [-0.39, 0.29) is 0 Å². The van der Waals surface area contributed by atoms with Crippen LogP contribution in [-0.2, 0) is 0 Å². The Morgan fingerprint density at radius 2 is 2.78 bits per heavy atom. The average molecular weight is 142 g/mol. The van der Waals surface area contributed by atoms with E-state index >= 15 is 0 Å². The first-order valence-electron chi connectivity index (χ1n) is 2.88. The van der Waals surface area contributed by atoms with Gasteiger partial charge in [0.15, 0.2) is 5.51 Å². The molecular weight excluding hydrogens is 134 g/mol. The van der Waals surface area contributed by atoms with Gasteiger partial charge >= 0.3 is 0 Å². The topological polar surface area (TPSA) is 22.1 Å². The number of hydrogen-bond acceptors (Lipinski definition) is 3. The fraction of sp³-hybridized carbons (Fsp3) is 0.500. The van der Waals surface area contributed by atoms with Gasteiger partial charge in [0.1, 0.15) is 0 Å². The molecule has 9 heavy (non-hydrogen) atoms. The number of ether oxygens (including phenoxy) is 1. The van der Waals surface area contributed by atoms with Gasteiger partial charge in [-0.15, -0.1) is 11.3 Å². The normalized spacial score (nSPS) is 9.44. The highest BCUT2D eigenvalue weighted by atomic mass is 32.1. The van der Waals surface area contributed by atoms with Crippen LogP contribution in [0.3, 0.4) is 0 Å². The fourth-order valence-corrected chi connectivity index (χ4v) is 0.864. The molecule has 49 valence electrons. The summed E-state index contributed by atoms with van der Waals surface area (Å²) < 4.78 is 5.16. The minimum Gasteiger partial charge on any atom is -0.477 e. The molecule has 2 nitrogen and oxygen atoms in total. The lowest BCUT2D eigenvalue weighted by molar-refractivity contribution is 0.307. The van der Waals surface area contributed by atoms with Crippen molar-refractivity contribution in [2.75, 3.05) is 6.61 Å². The van der Waals surface area contributed by atoms with Crippen LogP contribution < -0.4 is 4.74 Å². The Kier molecular flexibility index (Phi) is 2.51. The van der Waals surface area contributed by atoms with Crippen molar-refractivity contribution in [3.8, 4) is 5.88 Å². The molecule has 0 aliphatic carbocycles. The highest BCUT2D eigenvalue weighted by molar-refractivity contribution is 7.07. The highest BCUT2D eigenvalue weighted by Crippen LogP contribution is 2.08. The van der Waals surface area contributed by atoms with Crippen molar-refractivity contribution in [3.05, 3.63) is 10.9 Å².